The Morgan fingerprint density at radius 2 is 2.16 bits per heavy atom. The Kier molecular flexibility index (Phi) is 4.46. The maximum Gasteiger partial charge on any atom is 0.241 e. The highest BCUT2D eigenvalue weighted by molar-refractivity contribution is 7.99. The van der Waals surface area contributed by atoms with E-state index in [-0.39, 0.29) is 12.2 Å². The minimum Gasteiger partial charge on any atom is -0.273 e. The molecule has 0 saturated heterocycles. The van der Waals surface area contributed by atoms with Crippen molar-refractivity contribution in [1.29, 1.82) is 0 Å². The van der Waals surface area contributed by atoms with E-state index in [2.05, 4.69) is 0 Å². The lowest BCUT2D eigenvalue weighted by Crippen LogP contribution is -2.36. The van der Waals surface area contributed by atoms with Gasteiger partial charge in [-0.2, -0.15) is 0 Å². The molecule has 19 heavy (non-hydrogen) atoms. The molecule has 0 bridgehead atoms. The van der Waals surface area contributed by atoms with Crippen molar-refractivity contribution in [3.8, 4) is 0 Å². The quantitative estimate of drug-likeness (QED) is 0.899. The van der Waals surface area contributed by atoms with E-state index in [4.69, 9.17) is 0 Å². The summed E-state index contributed by atoms with van der Waals surface area (Å²) in [6.07, 6.45) is -0.0986. The zero-order valence-electron chi connectivity index (χ0n) is 10.1. The number of benzene rings is 1. The second kappa shape index (κ2) is 5.92. The summed E-state index contributed by atoms with van der Waals surface area (Å²) in [5.74, 6) is -0.821. The van der Waals surface area contributed by atoms with Crippen LogP contribution in [0, 0.1) is 0 Å². The predicted octanol–water partition coefficient (Wildman–Crippen LogP) is 1.68. The maximum absolute atomic E-state index is 12.0. The van der Waals surface area contributed by atoms with E-state index >= 15 is 0 Å². The molecule has 1 aliphatic heterocycles. The van der Waals surface area contributed by atoms with E-state index in [9.17, 15) is 17.6 Å². The van der Waals surface area contributed by atoms with Gasteiger partial charge in [-0.3, -0.25) is 13.9 Å². The van der Waals surface area contributed by atoms with Gasteiger partial charge in [0, 0.05) is 10.6 Å². The number of amides is 1. The lowest BCUT2D eigenvalue weighted by atomic mass is 10.0. The van der Waals surface area contributed by atoms with Gasteiger partial charge in [0.1, 0.15) is 0 Å². The van der Waals surface area contributed by atoms with Crippen LogP contribution >= 0.6 is 11.8 Å². The van der Waals surface area contributed by atoms with Crippen molar-refractivity contribution in [1.82, 2.24) is 4.72 Å². The van der Waals surface area contributed by atoms with Crippen LogP contribution in [0.1, 0.15) is 17.9 Å². The fourth-order valence-corrected chi connectivity index (χ4v) is 4.17. The van der Waals surface area contributed by atoms with Crippen LogP contribution in [0.4, 0.5) is 4.39 Å². The van der Waals surface area contributed by atoms with Crippen LogP contribution in [0.25, 0.3) is 0 Å². The molecule has 1 atom stereocenters. The SMILES string of the molecule is O=C(NS(=O)(=O)CCCF)C1CSc2ccccc21. The second-order valence-electron chi connectivity index (χ2n) is 4.23. The number of carbonyl (C=O) groups excluding carboxylic acids is 1. The summed E-state index contributed by atoms with van der Waals surface area (Å²) in [6.45, 7) is -0.711. The Bertz CT molecular complexity index is 574. The van der Waals surface area contributed by atoms with Crippen molar-refractivity contribution in [2.45, 2.75) is 17.2 Å². The molecular formula is C12H14FNO3S2. The first-order valence-corrected chi connectivity index (χ1v) is 8.49. The third kappa shape index (κ3) is 3.48. The van der Waals surface area contributed by atoms with Crippen molar-refractivity contribution < 1.29 is 17.6 Å². The minimum atomic E-state index is -3.73. The standard InChI is InChI=1S/C12H14FNO3S2/c13-6-3-7-19(16,17)14-12(15)10-8-18-11-5-2-1-4-9(10)11/h1-2,4-5,10H,3,6-8H2,(H,14,15). The van der Waals surface area contributed by atoms with Crippen LogP contribution in [0.15, 0.2) is 29.2 Å². The van der Waals surface area contributed by atoms with Gasteiger partial charge in [0.2, 0.25) is 15.9 Å². The lowest BCUT2D eigenvalue weighted by Gasteiger charge is -2.11. The van der Waals surface area contributed by atoms with Crippen LogP contribution in [0.3, 0.4) is 0 Å². The predicted molar refractivity (Wildman–Crippen MR) is 72.4 cm³/mol. The molecule has 0 fully saturated rings. The average molecular weight is 303 g/mol. The summed E-state index contributed by atoms with van der Waals surface area (Å²) in [5.41, 5.74) is 0.852. The number of alkyl halides is 1. The Morgan fingerprint density at radius 3 is 2.89 bits per heavy atom. The molecule has 1 heterocycles. The highest BCUT2D eigenvalue weighted by Gasteiger charge is 2.31. The van der Waals surface area contributed by atoms with Crippen LogP contribution in [0.2, 0.25) is 0 Å². The molecule has 1 aliphatic rings. The number of nitrogens with one attached hydrogen (secondary N) is 1. The molecular weight excluding hydrogens is 289 g/mol. The first kappa shape index (κ1) is 14.3. The van der Waals surface area contributed by atoms with E-state index in [0.29, 0.717) is 5.75 Å². The summed E-state index contributed by atoms with van der Waals surface area (Å²) in [5, 5.41) is 0. The highest BCUT2D eigenvalue weighted by atomic mass is 32.2. The average Bonchev–Trinajstić information content (AvgIpc) is 2.80. The van der Waals surface area contributed by atoms with Crippen molar-refractivity contribution in [3.63, 3.8) is 0 Å². The van der Waals surface area contributed by atoms with E-state index in [0.717, 1.165) is 10.5 Å². The Morgan fingerprint density at radius 1 is 1.42 bits per heavy atom. The molecule has 0 aliphatic carbocycles. The summed E-state index contributed by atoms with van der Waals surface area (Å²) in [4.78, 5) is 13.0. The Labute approximate surface area is 115 Å². The smallest absolute Gasteiger partial charge is 0.241 e. The minimum absolute atomic E-state index is 0.0986. The first-order chi connectivity index (χ1) is 9.03. The van der Waals surface area contributed by atoms with Gasteiger partial charge < -0.3 is 0 Å². The number of rotatable bonds is 5. The van der Waals surface area contributed by atoms with Gasteiger partial charge in [0.15, 0.2) is 0 Å². The van der Waals surface area contributed by atoms with Gasteiger partial charge in [-0.05, 0) is 18.1 Å². The monoisotopic (exact) mass is 303 g/mol. The summed E-state index contributed by atoms with van der Waals surface area (Å²) >= 11 is 1.53. The topological polar surface area (TPSA) is 63.2 Å². The first-order valence-electron chi connectivity index (χ1n) is 5.85. The van der Waals surface area contributed by atoms with Crippen molar-refractivity contribution in [2.24, 2.45) is 0 Å². The number of hydrogen-bond donors (Lipinski definition) is 1. The third-order valence-electron chi connectivity index (χ3n) is 2.82. The van der Waals surface area contributed by atoms with Crippen molar-refractivity contribution in [2.75, 3.05) is 18.2 Å². The van der Waals surface area contributed by atoms with Gasteiger partial charge in [-0.15, -0.1) is 11.8 Å². The molecule has 7 heteroatoms. The normalized spacial score (nSPS) is 18.1. The maximum atomic E-state index is 12.0. The third-order valence-corrected chi connectivity index (χ3v) is 5.34. The molecule has 0 spiro atoms. The van der Waals surface area contributed by atoms with Crippen molar-refractivity contribution in [3.05, 3.63) is 29.8 Å². The number of halogens is 1. The second-order valence-corrected chi connectivity index (χ2v) is 7.13. The van der Waals surface area contributed by atoms with Crippen molar-refractivity contribution >= 4 is 27.7 Å². The van der Waals surface area contributed by atoms with Gasteiger partial charge in [-0.1, -0.05) is 18.2 Å². The largest absolute Gasteiger partial charge is 0.273 e. The van der Waals surface area contributed by atoms with Crippen LogP contribution in [-0.2, 0) is 14.8 Å². The van der Waals surface area contributed by atoms with Crippen LogP contribution < -0.4 is 4.72 Å². The molecule has 104 valence electrons. The summed E-state index contributed by atoms with van der Waals surface area (Å²) < 4.78 is 37.1. The molecule has 1 aromatic rings. The zero-order valence-corrected chi connectivity index (χ0v) is 11.8. The molecule has 2 rings (SSSR count). The number of fused-ring (bicyclic) bond motifs is 1. The molecule has 0 radical (unpaired) electrons. The molecule has 0 aromatic heterocycles. The summed E-state index contributed by atoms with van der Waals surface area (Å²) in [6, 6.07) is 7.44. The molecule has 1 aromatic carbocycles. The van der Waals surface area contributed by atoms with Crippen LogP contribution in [0.5, 0.6) is 0 Å². The Hall–Kier alpha value is -1.08. The van der Waals surface area contributed by atoms with Gasteiger partial charge >= 0.3 is 0 Å². The lowest BCUT2D eigenvalue weighted by molar-refractivity contribution is -0.120. The summed E-state index contributed by atoms with van der Waals surface area (Å²) in [7, 11) is -3.73. The van der Waals surface area contributed by atoms with Gasteiger partial charge in [0.25, 0.3) is 0 Å². The fraction of sp³-hybridized carbons (Fsp3) is 0.417. The fourth-order valence-electron chi connectivity index (χ4n) is 1.90. The molecule has 1 N–H and O–H groups in total. The molecule has 1 unspecified atom stereocenters. The van der Waals surface area contributed by atoms with Gasteiger partial charge in [-0.25, -0.2) is 8.42 Å². The highest BCUT2D eigenvalue weighted by Crippen LogP contribution is 2.39. The van der Waals surface area contributed by atoms with E-state index in [1.165, 1.54) is 11.8 Å². The van der Waals surface area contributed by atoms with Crippen LogP contribution in [-0.4, -0.2) is 32.5 Å². The number of sulfonamides is 1. The number of hydrogen-bond acceptors (Lipinski definition) is 4. The number of carbonyl (C=O) groups is 1. The zero-order chi connectivity index (χ0) is 13.9. The Balaban J connectivity index is 2.06. The molecule has 0 saturated carbocycles. The van der Waals surface area contributed by atoms with Gasteiger partial charge in [0.05, 0.1) is 18.3 Å². The molecule has 4 nitrogen and oxygen atoms in total. The van der Waals surface area contributed by atoms with E-state index in [1.54, 1.807) is 0 Å². The molecule has 1 amide bonds. The number of thioether (sulfide) groups is 1. The van der Waals surface area contributed by atoms with E-state index in [1.807, 2.05) is 29.0 Å². The van der Waals surface area contributed by atoms with E-state index < -0.39 is 28.5 Å².